The first kappa shape index (κ1) is 41.2. The third-order valence-corrected chi connectivity index (χ3v) is 9.13. The van der Waals surface area contributed by atoms with Crippen LogP contribution in [0.1, 0.15) is 0 Å². The number of pyridine rings is 1. The molecule has 3 aliphatic rings. The largest absolute Gasteiger partial charge is 0.389 e. The summed E-state index contributed by atoms with van der Waals surface area (Å²) in [6, 6.07) is 3.66. The van der Waals surface area contributed by atoms with Crippen molar-refractivity contribution < 1.29 is 39.4 Å². The standard InChI is InChI=1S/C34H64N8O8/c43-30(17-39-29-1-3-35-4-2-29)21-47-25-34(26-48-22-31(44)18-40-11-5-36-6-12-40,27-49-23-32(45)19-41-13-7-37-8-14-41)28-50-24-33(46)20-42-15-9-38-10-16-42/h1-4,30-33,36-38,43-46H,5-28H2,(H,35,39). The van der Waals surface area contributed by atoms with Crippen molar-refractivity contribution in [3.05, 3.63) is 24.5 Å². The highest BCUT2D eigenvalue weighted by Crippen LogP contribution is 2.22. The Morgan fingerprint density at radius 2 is 0.920 bits per heavy atom. The van der Waals surface area contributed by atoms with Crippen LogP contribution in [-0.4, -0.2) is 222 Å². The first-order valence-electron chi connectivity index (χ1n) is 18.4. The van der Waals surface area contributed by atoms with Crippen LogP contribution in [0.4, 0.5) is 5.69 Å². The maximum Gasteiger partial charge on any atom is 0.0945 e. The number of hydrogen-bond donors (Lipinski definition) is 8. The van der Waals surface area contributed by atoms with E-state index in [2.05, 4.69) is 41.0 Å². The van der Waals surface area contributed by atoms with Crippen LogP contribution >= 0.6 is 0 Å². The van der Waals surface area contributed by atoms with Gasteiger partial charge in [-0.05, 0) is 12.1 Å². The van der Waals surface area contributed by atoms with Crippen LogP contribution in [0.3, 0.4) is 0 Å². The van der Waals surface area contributed by atoms with Gasteiger partial charge in [0.1, 0.15) is 0 Å². The van der Waals surface area contributed by atoms with E-state index in [1.807, 2.05) is 12.1 Å². The molecular weight excluding hydrogens is 648 g/mol. The van der Waals surface area contributed by atoms with Gasteiger partial charge in [0.15, 0.2) is 0 Å². The summed E-state index contributed by atoms with van der Waals surface area (Å²) in [5, 5.41) is 56.3. The van der Waals surface area contributed by atoms with E-state index < -0.39 is 29.8 Å². The summed E-state index contributed by atoms with van der Waals surface area (Å²) in [4.78, 5) is 10.7. The first-order chi connectivity index (χ1) is 24.4. The molecule has 288 valence electrons. The Balaban J connectivity index is 1.35. The van der Waals surface area contributed by atoms with Gasteiger partial charge in [-0.25, -0.2) is 0 Å². The van der Waals surface area contributed by atoms with E-state index in [-0.39, 0.29) is 59.4 Å². The van der Waals surface area contributed by atoms with Crippen molar-refractivity contribution in [3.8, 4) is 0 Å². The summed E-state index contributed by atoms with van der Waals surface area (Å²) in [7, 11) is 0. The molecule has 3 saturated heterocycles. The molecule has 0 amide bonds. The van der Waals surface area contributed by atoms with Crippen LogP contribution in [0.5, 0.6) is 0 Å². The molecule has 0 aromatic carbocycles. The van der Waals surface area contributed by atoms with E-state index in [0.29, 0.717) is 19.6 Å². The lowest BCUT2D eigenvalue weighted by molar-refractivity contribution is -0.133. The highest BCUT2D eigenvalue weighted by atomic mass is 16.5. The maximum absolute atomic E-state index is 10.8. The molecule has 0 aliphatic carbocycles. The van der Waals surface area contributed by atoms with Gasteiger partial charge in [-0.2, -0.15) is 0 Å². The molecule has 3 fully saturated rings. The Hall–Kier alpha value is -1.61. The van der Waals surface area contributed by atoms with Crippen LogP contribution in [0.25, 0.3) is 0 Å². The smallest absolute Gasteiger partial charge is 0.0945 e. The van der Waals surface area contributed by atoms with Crippen molar-refractivity contribution in [2.75, 3.05) is 163 Å². The van der Waals surface area contributed by atoms with Gasteiger partial charge in [0.2, 0.25) is 0 Å². The average molecular weight is 713 g/mol. The van der Waals surface area contributed by atoms with Gasteiger partial charge in [-0.15, -0.1) is 0 Å². The Morgan fingerprint density at radius 1 is 0.580 bits per heavy atom. The normalized spacial score (nSPS) is 22.1. The van der Waals surface area contributed by atoms with E-state index in [4.69, 9.17) is 18.9 Å². The van der Waals surface area contributed by atoms with E-state index in [1.165, 1.54) is 0 Å². The molecule has 3 aliphatic heterocycles. The van der Waals surface area contributed by atoms with Gasteiger partial charge in [0.25, 0.3) is 0 Å². The second-order valence-corrected chi connectivity index (χ2v) is 13.9. The number of ether oxygens (including phenoxy) is 4. The third kappa shape index (κ3) is 16.8. The van der Waals surface area contributed by atoms with Crippen LogP contribution in [-0.2, 0) is 18.9 Å². The number of nitrogens with zero attached hydrogens (tertiary/aromatic N) is 4. The minimum Gasteiger partial charge on any atom is -0.389 e. The first-order valence-corrected chi connectivity index (χ1v) is 18.4. The Morgan fingerprint density at radius 3 is 1.28 bits per heavy atom. The molecule has 0 spiro atoms. The second kappa shape index (κ2) is 23.9. The minimum atomic E-state index is -0.837. The zero-order valence-electron chi connectivity index (χ0n) is 29.8. The maximum atomic E-state index is 10.8. The number of nitrogens with one attached hydrogen (secondary N) is 4. The summed E-state index contributed by atoms with van der Waals surface area (Å²) in [5.74, 6) is 0. The summed E-state index contributed by atoms with van der Waals surface area (Å²) in [6.45, 7) is 13.5. The topological polar surface area (TPSA) is 189 Å². The predicted octanol–water partition coefficient (Wildman–Crippen LogP) is -3.29. The molecule has 4 rings (SSSR count). The van der Waals surface area contributed by atoms with Crippen LogP contribution in [0.2, 0.25) is 0 Å². The summed E-state index contributed by atoms with van der Waals surface area (Å²) >= 11 is 0. The summed E-state index contributed by atoms with van der Waals surface area (Å²) < 4.78 is 24.6. The number of aromatic nitrogens is 1. The van der Waals surface area contributed by atoms with Crippen molar-refractivity contribution in [3.63, 3.8) is 0 Å². The molecule has 0 saturated carbocycles. The molecule has 1 aromatic rings. The van der Waals surface area contributed by atoms with E-state index in [0.717, 1.165) is 84.2 Å². The molecule has 4 atom stereocenters. The van der Waals surface area contributed by atoms with Crippen LogP contribution < -0.4 is 21.3 Å². The monoisotopic (exact) mass is 712 g/mol. The lowest BCUT2D eigenvalue weighted by atomic mass is 9.92. The molecule has 16 nitrogen and oxygen atoms in total. The SMILES string of the molecule is OC(CNc1ccncc1)COCC(COCC(O)CN1CCNCC1)(COCC(O)CN1CCNCC1)COCC(O)CN1CCNCC1. The minimum absolute atomic E-state index is 0.0582. The molecule has 1 aromatic heterocycles. The van der Waals surface area contributed by atoms with Crippen molar-refractivity contribution in [1.29, 1.82) is 0 Å². The highest BCUT2D eigenvalue weighted by Gasteiger charge is 2.34. The molecule has 4 unspecified atom stereocenters. The number of aliphatic hydroxyl groups is 4. The van der Waals surface area contributed by atoms with E-state index in [1.54, 1.807) is 12.4 Å². The second-order valence-electron chi connectivity index (χ2n) is 13.9. The number of β-amino-alcohol motifs (C(OH)–C–C–N with tert-alkyl or cyclic N) is 3. The van der Waals surface area contributed by atoms with Gasteiger partial charge in [-0.1, -0.05) is 0 Å². The number of anilines is 1. The van der Waals surface area contributed by atoms with Crippen molar-refractivity contribution in [2.45, 2.75) is 24.4 Å². The van der Waals surface area contributed by atoms with E-state index in [9.17, 15) is 20.4 Å². The molecule has 4 heterocycles. The zero-order valence-corrected chi connectivity index (χ0v) is 29.8. The lowest BCUT2D eigenvalue weighted by Gasteiger charge is -2.35. The zero-order chi connectivity index (χ0) is 35.3. The molecular formula is C34H64N8O8. The molecule has 16 heteroatoms. The number of hydrogen-bond acceptors (Lipinski definition) is 16. The van der Waals surface area contributed by atoms with Crippen molar-refractivity contribution >= 4 is 5.69 Å². The fourth-order valence-electron chi connectivity index (χ4n) is 6.39. The van der Waals surface area contributed by atoms with Gasteiger partial charge in [-0.3, -0.25) is 19.7 Å². The van der Waals surface area contributed by atoms with Gasteiger partial charge in [0.05, 0.1) is 82.7 Å². The fourth-order valence-corrected chi connectivity index (χ4v) is 6.39. The molecule has 50 heavy (non-hydrogen) atoms. The Bertz CT molecular complexity index is 910. The van der Waals surface area contributed by atoms with Crippen molar-refractivity contribution in [1.82, 2.24) is 35.6 Å². The number of piperazine rings is 3. The van der Waals surface area contributed by atoms with Gasteiger partial charge < -0.3 is 60.6 Å². The Kier molecular flexibility index (Phi) is 19.6. The molecule has 0 radical (unpaired) electrons. The van der Waals surface area contributed by atoms with Crippen LogP contribution in [0.15, 0.2) is 24.5 Å². The molecule has 8 N–H and O–H groups in total. The summed E-state index contributed by atoms with van der Waals surface area (Å²) in [5.41, 5.74) is 0.0120. The Labute approximate surface area is 297 Å². The predicted molar refractivity (Wildman–Crippen MR) is 190 cm³/mol. The summed E-state index contributed by atoms with van der Waals surface area (Å²) in [6.07, 6.45) is 0.568. The van der Waals surface area contributed by atoms with Crippen LogP contribution in [0, 0.1) is 5.41 Å². The molecule has 0 bridgehead atoms. The van der Waals surface area contributed by atoms with E-state index >= 15 is 0 Å². The van der Waals surface area contributed by atoms with Gasteiger partial charge in [0, 0.05) is 123 Å². The number of aliphatic hydroxyl groups excluding tert-OH is 4. The quantitative estimate of drug-likeness (QED) is 0.0504. The highest BCUT2D eigenvalue weighted by molar-refractivity contribution is 5.40. The lowest BCUT2D eigenvalue weighted by Crippen LogP contribution is -2.48. The number of rotatable bonds is 25. The average Bonchev–Trinajstić information content (AvgIpc) is 3.12. The van der Waals surface area contributed by atoms with Crippen molar-refractivity contribution in [2.24, 2.45) is 5.41 Å². The third-order valence-electron chi connectivity index (χ3n) is 9.13. The van der Waals surface area contributed by atoms with Gasteiger partial charge >= 0.3 is 0 Å². The fraction of sp³-hybridized carbons (Fsp3) is 0.853.